The molecule has 1 aromatic carbocycles. The van der Waals surface area contributed by atoms with Crippen molar-refractivity contribution in [1.82, 2.24) is 4.90 Å². The second-order valence-corrected chi connectivity index (χ2v) is 8.72. The minimum absolute atomic E-state index is 0.0451. The van der Waals surface area contributed by atoms with E-state index in [-0.39, 0.29) is 17.3 Å². The van der Waals surface area contributed by atoms with E-state index in [0.29, 0.717) is 18.7 Å². The third-order valence-electron chi connectivity index (χ3n) is 5.15. The van der Waals surface area contributed by atoms with E-state index < -0.39 is 10.8 Å². The first-order chi connectivity index (χ1) is 12.7. The quantitative estimate of drug-likeness (QED) is 0.682. The minimum atomic E-state index is -1.02. The van der Waals surface area contributed by atoms with Crippen LogP contribution in [-0.2, 0) is 30.8 Å². The third kappa shape index (κ3) is 5.89. The first-order valence-electron chi connectivity index (χ1n) is 9.63. The lowest BCUT2D eigenvalue weighted by atomic mass is 9.97. The number of ether oxygens (including phenoxy) is 2. The van der Waals surface area contributed by atoms with Gasteiger partial charge in [-0.15, -0.1) is 0 Å². The molecular formula is C20H29NO4S. The number of nitrogens with zero attached hydrogens (tertiary/aromatic N) is 1. The summed E-state index contributed by atoms with van der Waals surface area (Å²) >= 11 is 0. The molecule has 1 aliphatic carbocycles. The highest BCUT2D eigenvalue weighted by Crippen LogP contribution is 2.27. The van der Waals surface area contributed by atoms with Gasteiger partial charge in [-0.3, -0.25) is 13.9 Å². The number of rotatable bonds is 7. The molecule has 26 heavy (non-hydrogen) atoms. The summed E-state index contributed by atoms with van der Waals surface area (Å²) in [6, 6.07) is 9.91. The Morgan fingerprint density at radius 2 is 1.88 bits per heavy atom. The van der Waals surface area contributed by atoms with Gasteiger partial charge in [0.05, 0.1) is 24.9 Å². The van der Waals surface area contributed by atoms with Crippen LogP contribution in [-0.4, -0.2) is 59.3 Å². The highest BCUT2D eigenvalue weighted by atomic mass is 32.2. The zero-order valence-corrected chi connectivity index (χ0v) is 16.1. The third-order valence-corrected chi connectivity index (χ3v) is 6.98. The van der Waals surface area contributed by atoms with Crippen LogP contribution in [0.3, 0.4) is 0 Å². The van der Waals surface area contributed by atoms with Crippen molar-refractivity contribution in [2.45, 2.75) is 49.2 Å². The molecule has 0 N–H and O–H groups in total. The van der Waals surface area contributed by atoms with E-state index in [1.165, 1.54) is 0 Å². The first kappa shape index (κ1) is 19.5. The van der Waals surface area contributed by atoms with Crippen LogP contribution >= 0.6 is 0 Å². The number of hydrogen-bond donors (Lipinski definition) is 0. The lowest BCUT2D eigenvalue weighted by Crippen LogP contribution is -2.40. The fourth-order valence-corrected chi connectivity index (χ4v) is 5.34. The van der Waals surface area contributed by atoms with Gasteiger partial charge < -0.3 is 9.47 Å². The van der Waals surface area contributed by atoms with E-state index in [1.54, 1.807) is 0 Å². The van der Waals surface area contributed by atoms with Gasteiger partial charge in [-0.1, -0.05) is 36.8 Å². The molecule has 0 spiro atoms. The smallest absolute Gasteiger partial charge is 0.307 e. The van der Waals surface area contributed by atoms with Crippen molar-refractivity contribution in [3.63, 3.8) is 0 Å². The summed E-state index contributed by atoms with van der Waals surface area (Å²) < 4.78 is 24.0. The van der Waals surface area contributed by atoms with Crippen LogP contribution in [0.25, 0.3) is 0 Å². The average Bonchev–Trinajstić information content (AvgIpc) is 2.68. The Hall–Kier alpha value is -1.24. The van der Waals surface area contributed by atoms with Crippen LogP contribution < -0.4 is 0 Å². The Bertz CT molecular complexity index is 589. The van der Waals surface area contributed by atoms with Gasteiger partial charge in [0.2, 0.25) is 0 Å². The maximum atomic E-state index is 12.9. The van der Waals surface area contributed by atoms with Gasteiger partial charge in [-0.05, 0) is 24.8 Å². The molecule has 1 saturated heterocycles. The van der Waals surface area contributed by atoms with Crippen molar-refractivity contribution in [3.05, 3.63) is 35.9 Å². The molecule has 1 aromatic rings. The van der Waals surface area contributed by atoms with E-state index in [9.17, 15) is 9.00 Å². The van der Waals surface area contributed by atoms with Gasteiger partial charge >= 0.3 is 5.97 Å². The normalized spacial score (nSPS) is 25.5. The molecule has 3 unspecified atom stereocenters. The maximum Gasteiger partial charge on any atom is 0.307 e. The summed E-state index contributed by atoms with van der Waals surface area (Å²) in [7, 11) is -1.02. The first-order valence-corrected chi connectivity index (χ1v) is 11.0. The summed E-state index contributed by atoms with van der Waals surface area (Å²) in [6.45, 7) is 3.93. The van der Waals surface area contributed by atoms with Gasteiger partial charge in [0, 0.05) is 36.2 Å². The van der Waals surface area contributed by atoms with Crippen molar-refractivity contribution in [1.29, 1.82) is 0 Å². The highest BCUT2D eigenvalue weighted by molar-refractivity contribution is 7.84. The molecule has 1 heterocycles. The fourth-order valence-electron chi connectivity index (χ4n) is 3.65. The Morgan fingerprint density at radius 1 is 1.15 bits per heavy atom. The van der Waals surface area contributed by atoms with E-state index >= 15 is 0 Å². The molecule has 2 aliphatic rings. The Labute approximate surface area is 158 Å². The number of hydrogen-bond acceptors (Lipinski definition) is 5. The molecule has 3 rings (SSSR count). The lowest BCUT2D eigenvalue weighted by molar-refractivity contribution is -0.150. The number of carbonyl (C=O) groups excluding carboxylic acids is 1. The van der Waals surface area contributed by atoms with Gasteiger partial charge in [-0.2, -0.15) is 0 Å². The molecule has 3 atom stereocenters. The number of carbonyl (C=O) groups is 1. The largest absolute Gasteiger partial charge is 0.461 e. The summed E-state index contributed by atoms with van der Waals surface area (Å²) in [4.78, 5) is 14.5. The Kier molecular flexibility index (Phi) is 7.65. The van der Waals surface area contributed by atoms with E-state index in [4.69, 9.17) is 9.47 Å². The molecule has 2 fully saturated rings. The minimum Gasteiger partial charge on any atom is -0.461 e. The van der Waals surface area contributed by atoms with Crippen molar-refractivity contribution in [2.75, 3.05) is 32.8 Å². The Balaban J connectivity index is 1.49. The van der Waals surface area contributed by atoms with Crippen LogP contribution in [0.4, 0.5) is 0 Å². The average molecular weight is 380 g/mol. The highest BCUT2D eigenvalue weighted by Gasteiger charge is 2.32. The maximum absolute atomic E-state index is 12.9. The van der Waals surface area contributed by atoms with Crippen molar-refractivity contribution < 1.29 is 18.5 Å². The van der Waals surface area contributed by atoms with Crippen LogP contribution in [0.5, 0.6) is 0 Å². The lowest BCUT2D eigenvalue weighted by Gasteiger charge is -2.31. The summed E-state index contributed by atoms with van der Waals surface area (Å²) in [5.41, 5.74) is 1.08. The van der Waals surface area contributed by atoms with Gasteiger partial charge in [-0.25, -0.2) is 0 Å². The molecule has 1 saturated carbocycles. The van der Waals surface area contributed by atoms with Crippen LogP contribution in [0.1, 0.15) is 37.7 Å². The van der Waals surface area contributed by atoms with Gasteiger partial charge in [0.15, 0.2) is 0 Å². The van der Waals surface area contributed by atoms with Crippen LogP contribution in [0.15, 0.2) is 30.3 Å². The van der Waals surface area contributed by atoms with Crippen molar-refractivity contribution in [3.8, 4) is 0 Å². The van der Waals surface area contributed by atoms with E-state index in [1.807, 2.05) is 30.3 Å². The molecule has 0 bridgehead atoms. The summed E-state index contributed by atoms with van der Waals surface area (Å²) in [5, 5.41) is -0.0451. The van der Waals surface area contributed by atoms with Crippen molar-refractivity contribution >= 4 is 16.8 Å². The molecule has 144 valence electrons. The molecule has 0 radical (unpaired) electrons. The fraction of sp³-hybridized carbons (Fsp3) is 0.650. The molecule has 0 aromatic heterocycles. The topological polar surface area (TPSA) is 55.8 Å². The predicted molar refractivity (Wildman–Crippen MR) is 102 cm³/mol. The molecule has 5 nitrogen and oxygen atoms in total. The number of esters is 1. The number of morpholine rings is 1. The monoisotopic (exact) mass is 379 g/mol. The summed E-state index contributed by atoms with van der Waals surface area (Å²) in [5.74, 6) is 0.373. The molecular weight excluding hydrogens is 350 g/mol. The van der Waals surface area contributed by atoms with Gasteiger partial charge in [0.1, 0.15) is 6.10 Å². The van der Waals surface area contributed by atoms with Crippen LogP contribution in [0, 0.1) is 0 Å². The molecule has 6 heteroatoms. The molecule has 1 aliphatic heterocycles. The van der Waals surface area contributed by atoms with Crippen LogP contribution in [0.2, 0.25) is 0 Å². The predicted octanol–water partition coefficient (Wildman–Crippen LogP) is 2.51. The van der Waals surface area contributed by atoms with Crippen molar-refractivity contribution in [2.24, 2.45) is 0 Å². The Morgan fingerprint density at radius 3 is 2.65 bits per heavy atom. The zero-order chi connectivity index (χ0) is 18.2. The second-order valence-electron chi connectivity index (χ2n) is 7.07. The standard InChI is InChI=1S/C20H29NO4S/c22-20(10-11-21-12-14-24-15-13-21)25-18-8-4-5-9-19(18)26(23)16-17-6-2-1-3-7-17/h1-3,6-7,18-19H,4-5,8-16H2. The van der Waals surface area contributed by atoms with Gasteiger partial charge in [0.25, 0.3) is 0 Å². The SMILES string of the molecule is O=C(CCN1CCOCC1)OC1CCCCC1S(=O)Cc1ccccc1. The zero-order valence-electron chi connectivity index (χ0n) is 15.3. The second kappa shape index (κ2) is 10.2. The molecule has 0 amide bonds. The van der Waals surface area contributed by atoms with E-state index in [0.717, 1.165) is 57.6 Å². The summed E-state index contributed by atoms with van der Waals surface area (Å²) in [6.07, 6.45) is 4.00. The van der Waals surface area contributed by atoms with E-state index in [2.05, 4.69) is 4.90 Å². The number of benzene rings is 1.